The fraction of sp³-hybridized carbons (Fsp3) is 0.350. The Kier molecular flexibility index (Phi) is 7.38. The second-order valence-corrected chi connectivity index (χ2v) is 8.62. The van der Waals surface area contributed by atoms with Gasteiger partial charge in [-0.1, -0.05) is 18.2 Å². The van der Waals surface area contributed by atoms with Crippen molar-refractivity contribution in [1.29, 1.82) is 0 Å². The van der Waals surface area contributed by atoms with E-state index >= 15 is 0 Å². The van der Waals surface area contributed by atoms with Crippen molar-refractivity contribution in [3.63, 3.8) is 0 Å². The highest BCUT2D eigenvalue weighted by molar-refractivity contribution is 7.92. The summed E-state index contributed by atoms with van der Waals surface area (Å²) in [6.07, 6.45) is 0.960. The fourth-order valence-corrected chi connectivity index (χ4v) is 4.16. The molecule has 0 heterocycles. The zero-order valence-corrected chi connectivity index (χ0v) is 18.1. The molecule has 30 heavy (non-hydrogen) atoms. The monoisotopic (exact) mass is 435 g/mol. The van der Waals surface area contributed by atoms with Crippen molar-refractivity contribution in [2.45, 2.75) is 33.4 Å². The second kappa shape index (κ2) is 9.57. The summed E-state index contributed by atoms with van der Waals surface area (Å²) >= 11 is 0. The van der Waals surface area contributed by atoms with E-state index in [0.717, 1.165) is 22.2 Å². The van der Waals surface area contributed by atoms with Crippen molar-refractivity contribution in [3.05, 3.63) is 63.7 Å². The molecular weight excluding hydrogens is 410 g/mol. The number of hydrogen-bond acceptors (Lipinski definition) is 6. The van der Waals surface area contributed by atoms with Crippen LogP contribution in [0.2, 0.25) is 0 Å². The predicted molar refractivity (Wildman–Crippen MR) is 114 cm³/mol. The summed E-state index contributed by atoms with van der Waals surface area (Å²) in [6, 6.07) is 9.96. The van der Waals surface area contributed by atoms with Gasteiger partial charge in [-0.3, -0.25) is 19.2 Å². The topological polar surface area (TPSA) is 119 Å². The number of nitro groups is 1. The van der Waals surface area contributed by atoms with Crippen LogP contribution in [0.4, 0.5) is 11.4 Å². The third-order valence-electron chi connectivity index (χ3n) is 4.43. The van der Waals surface area contributed by atoms with Crippen LogP contribution in [-0.4, -0.2) is 38.2 Å². The Labute approximate surface area is 175 Å². The summed E-state index contributed by atoms with van der Waals surface area (Å²) in [4.78, 5) is 23.2. The third kappa shape index (κ3) is 5.69. The van der Waals surface area contributed by atoms with Crippen molar-refractivity contribution in [2.24, 2.45) is 0 Å². The lowest BCUT2D eigenvalue weighted by Gasteiger charge is -2.29. The molecule has 10 heteroatoms. The number of sulfonamides is 1. The molecule has 0 radical (unpaired) electrons. The van der Waals surface area contributed by atoms with E-state index in [-0.39, 0.29) is 17.9 Å². The molecule has 0 saturated carbocycles. The molecule has 9 nitrogen and oxygen atoms in total. The molecule has 0 aromatic heterocycles. The molecule has 0 spiro atoms. The maximum Gasteiger partial charge on any atom is 0.271 e. The van der Waals surface area contributed by atoms with Crippen LogP contribution in [0.15, 0.2) is 42.5 Å². The molecular formula is C20H25N3O6S. The molecule has 1 atom stereocenters. The van der Waals surface area contributed by atoms with E-state index < -0.39 is 26.9 Å². The van der Waals surface area contributed by atoms with Gasteiger partial charge >= 0.3 is 0 Å². The fourth-order valence-electron chi connectivity index (χ4n) is 2.94. The van der Waals surface area contributed by atoms with Gasteiger partial charge in [0.2, 0.25) is 15.9 Å². The van der Waals surface area contributed by atoms with Crippen LogP contribution in [0.5, 0.6) is 5.75 Å². The molecule has 0 aliphatic rings. The van der Waals surface area contributed by atoms with Gasteiger partial charge in [-0.15, -0.1) is 0 Å². The molecule has 2 aromatic rings. The average Bonchev–Trinajstić information content (AvgIpc) is 2.67. The number of anilines is 1. The molecule has 1 amide bonds. The molecule has 1 unspecified atom stereocenters. The minimum atomic E-state index is -3.89. The zero-order chi connectivity index (χ0) is 22.5. The van der Waals surface area contributed by atoms with E-state index in [4.69, 9.17) is 4.74 Å². The number of nitrogens with zero attached hydrogens (tertiary/aromatic N) is 2. The summed E-state index contributed by atoms with van der Waals surface area (Å²) in [6.45, 7) is 5.69. The minimum Gasteiger partial charge on any atom is -0.494 e. The van der Waals surface area contributed by atoms with Crippen LogP contribution < -0.4 is 14.4 Å². The number of amides is 1. The van der Waals surface area contributed by atoms with Crippen LogP contribution in [0, 0.1) is 17.0 Å². The minimum absolute atomic E-state index is 0.0930. The number of hydrogen-bond donors (Lipinski definition) is 1. The van der Waals surface area contributed by atoms with E-state index in [1.807, 2.05) is 6.92 Å². The van der Waals surface area contributed by atoms with Crippen LogP contribution in [0.3, 0.4) is 0 Å². The highest BCUT2D eigenvalue weighted by Gasteiger charge is 2.31. The van der Waals surface area contributed by atoms with Gasteiger partial charge in [0, 0.05) is 18.7 Å². The highest BCUT2D eigenvalue weighted by atomic mass is 32.2. The lowest BCUT2D eigenvalue weighted by molar-refractivity contribution is -0.384. The number of carbonyl (C=O) groups excluding carboxylic acids is 1. The molecule has 0 bridgehead atoms. The number of nitro benzene ring substituents is 1. The van der Waals surface area contributed by atoms with Crippen LogP contribution >= 0.6 is 0 Å². The molecule has 0 aliphatic carbocycles. The maximum atomic E-state index is 12.7. The predicted octanol–water partition coefficient (Wildman–Crippen LogP) is 2.77. The summed E-state index contributed by atoms with van der Waals surface area (Å²) in [5.41, 5.74) is 1.15. The van der Waals surface area contributed by atoms with Crippen LogP contribution in [0.25, 0.3) is 0 Å². The SMILES string of the molecule is CCOc1ccc(CNC(=O)C(C)N(c2cc([N+](=O)[O-])ccc2C)S(C)(=O)=O)cc1. The summed E-state index contributed by atoms with van der Waals surface area (Å²) in [5.74, 6) is 0.186. The molecule has 162 valence electrons. The normalized spacial score (nSPS) is 12.1. The third-order valence-corrected chi connectivity index (χ3v) is 5.66. The summed E-state index contributed by atoms with van der Waals surface area (Å²) in [7, 11) is -3.89. The molecule has 1 N–H and O–H groups in total. The standard InChI is InChI=1S/C20H25N3O6S/c1-5-29-18-10-7-16(8-11-18)13-21-20(24)15(3)22(30(4,27)28)19-12-17(23(25)26)9-6-14(19)2/h6-12,15H,5,13H2,1-4H3,(H,21,24). The highest BCUT2D eigenvalue weighted by Crippen LogP contribution is 2.29. The van der Waals surface area contributed by atoms with E-state index in [9.17, 15) is 23.3 Å². The first kappa shape index (κ1) is 23.1. The van der Waals surface area contributed by atoms with Crippen molar-refractivity contribution in [3.8, 4) is 5.75 Å². The number of rotatable bonds is 9. The maximum absolute atomic E-state index is 12.7. The van der Waals surface area contributed by atoms with Crippen molar-refractivity contribution in [2.75, 3.05) is 17.2 Å². The Balaban J connectivity index is 2.23. The van der Waals surface area contributed by atoms with E-state index in [1.165, 1.54) is 19.1 Å². The first-order valence-electron chi connectivity index (χ1n) is 9.28. The Hall–Kier alpha value is -3.14. The van der Waals surface area contributed by atoms with E-state index in [0.29, 0.717) is 17.9 Å². The van der Waals surface area contributed by atoms with Gasteiger partial charge < -0.3 is 10.1 Å². The van der Waals surface area contributed by atoms with Crippen LogP contribution in [0.1, 0.15) is 25.0 Å². The van der Waals surface area contributed by atoms with Gasteiger partial charge in [-0.2, -0.15) is 0 Å². The lowest BCUT2D eigenvalue weighted by Crippen LogP contribution is -2.48. The average molecular weight is 436 g/mol. The first-order chi connectivity index (χ1) is 14.0. The van der Waals surface area contributed by atoms with E-state index in [2.05, 4.69) is 5.32 Å². The Morgan fingerprint density at radius 2 is 1.87 bits per heavy atom. The number of aryl methyl sites for hydroxylation is 1. The lowest BCUT2D eigenvalue weighted by atomic mass is 10.1. The van der Waals surface area contributed by atoms with Crippen molar-refractivity contribution in [1.82, 2.24) is 5.32 Å². The van der Waals surface area contributed by atoms with Gasteiger partial charge in [0.05, 0.1) is 23.5 Å². The quantitative estimate of drug-likeness (QED) is 0.478. The van der Waals surface area contributed by atoms with Crippen molar-refractivity contribution >= 4 is 27.3 Å². The largest absolute Gasteiger partial charge is 0.494 e. The zero-order valence-electron chi connectivity index (χ0n) is 17.3. The summed E-state index contributed by atoms with van der Waals surface area (Å²) < 4.78 is 31.2. The molecule has 0 saturated heterocycles. The number of carbonyl (C=O) groups is 1. The number of benzene rings is 2. The molecule has 2 aromatic carbocycles. The number of nitrogens with one attached hydrogen (secondary N) is 1. The van der Waals surface area contributed by atoms with Gasteiger partial charge in [0.1, 0.15) is 11.8 Å². The molecule has 2 rings (SSSR count). The van der Waals surface area contributed by atoms with Gasteiger partial charge in [0.25, 0.3) is 5.69 Å². The van der Waals surface area contributed by atoms with Gasteiger partial charge in [0.15, 0.2) is 0 Å². The Bertz CT molecular complexity index is 1020. The number of ether oxygens (including phenoxy) is 1. The Morgan fingerprint density at radius 3 is 2.40 bits per heavy atom. The first-order valence-corrected chi connectivity index (χ1v) is 11.1. The van der Waals surface area contributed by atoms with Gasteiger partial charge in [-0.25, -0.2) is 8.42 Å². The Morgan fingerprint density at radius 1 is 1.23 bits per heavy atom. The molecule has 0 fully saturated rings. The smallest absolute Gasteiger partial charge is 0.271 e. The van der Waals surface area contributed by atoms with Gasteiger partial charge in [-0.05, 0) is 44.0 Å². The summed E-state index contributed by atoms with van der Waals surface area (Å²) in [5, 5.41) is 13.8. The van der Waals surface area contributed by atoms with Crippen molar-refractivity contribution < 1.29 is 22.9 Å². The number of non-ortho nitro benzene ring substituents is 1. The second-order valence-electron chi connectivity index (χ2n) is 6.76. The van der Waals surface area contributed by atoms with E-state index in [1.54, 1.807) is 31.2 Å². The molecule has 0 aliphatic heterocycles. The van der Waals surface area contributed by atoms with Crippen LogP contribution in [-0.2, 0) is 21.4 Å².